The minimum absolute atomic E-state index is 0.353. The largest absolute Gasteiger partial charge is 0.381 e. The molecule has 0 bridgehead atoms. The number of benzene rings is 1. The van der Waals surface area contributed by atoms with Crippen LogP contribution in [-0.2, 0) is 0 Å². The first-order valence-electron chi connectivity index (χ1n) is 6.31. The highest BCUT2D eigenvalue weighted by Gasteiger charge is 2.27. The monoisotopic (exact) mass is 264 g/mol. The van der Waals surface area contributed by atoms with E-state index in [0.29, 0.717) is 16.9 Å². The Hall–Kier alpha value is -1.21. The summed E-state index contributed by atoms with van der Waals surface area (Å²) < 4.78 is 13.3. The molecule has 1 aliphatic rings. The summed E-state index contributed by atoms with van der Waals surface area (Å²) in [5.41, 5.74) is 1.09. The third-order valence-corrected chi connectivity index (χ3v) is 4.54. The Morgan fingerprint density at radius 3 is 3.00 bits per heavy atom. The smallest absolute Gasteiger partial charge is 0.126 e. The molecule has 0 spiro atoms. The molecule has 1 aliphatic carbocycles. The number of nitriles is 1. The maximum atomic E-state index is 13.3. The highest BCUT2D eigenvalue weighted by molar-refractivity contribution is 7.99. The molecule has 96 valence electrons. The molecule has 4 heteroatoms. The highest BCUT2D eigenvalue weighted by atomic mass is 32.2. The van der Waals surface area contributed by atoms with Crippen LogP contribution in [0.4, 0.5) is 10.1 Å². The molecular formula is C14H17FN2S. The lowest BCUT2D eigenvalue weighted by Crippen LogP contribution is -2.26. The van der Waals surface area contributed by atoms with E-state index in [1.54, 1.807) is 6.07 Å². The maximum absolute atomic E-state index is 13.3. The van der Waals surface area contributed by atoms with Gasteiger partial charge in [-0.2, -0.15) is 17.0 Å². The molecule has 1 saturated carbocycles. The predicted molar refractivity (Wildman–Crippen MR) is 74.3 cm³/mol. The normalized spacial score (nSPS) is 22.7. The number of hydrogen-bond donors (Lipinski definition) is 1. The number of halogens is 1. The number of nitrogens with zero attached hydrogens (tertiary/aromatic N) is 1. The molecule has 0 radical (unpaired) electrons. The van der Waals surface area contributed by atoms with Gasteiger partial charge in [0.25, 0.3) is 0 Å². The minimum Gasteiger partial charge on any atom is -0.381 e. The Bertz CT molecular complexity index is 456. The molecular weight excluding hydrogens is 247 g/mol. The van der Waals surface area contributed by atoms with Crippen molar-refractivity contribution in [1.29, 1.82) is 5.26 Å². The van der Waals surface area contributed by atoms with Crippen LogP contribution in [0, 0.1) is 17.1 Å². The van der Waals surface area contributed by atoms with E-state index in [1.165, 1.54) is 25.0 Å². The molecule has 18 heavy (non-hydrogen) atoms. The van der Waals surface area contributed by atoms with Crippen molar-refractivity contribution in [1.82, 2.24) is 0 Å². The van der Waals surface area contributed by atoms with Crippen LogP contribution < -0.4 is 5.32 Å². The van der Waals surface area contributed by atoms with Crippen LogP contribution in [0.1, 0.15) is 31.7 Å². The van der Waals surface area contributed by atoms with Gasteiger partial charge in [-0.3, -0.25) is 0 Å². The summed E-state index contributed by atoms with van der Waals surface area (Å²) in [6.07, 6.45) is 3.56. The first kappa shape index (κ1) is 13.2. The van der Waals surface area contributed by atoms with Crippen LogP contribution in [0.5, 0.6) is 0 Å². The van der Waals surface area contributed by atoms with Gasteiger partial charge in [0.05, 0.1) is 11.6 Å². The molecule has 2 atom stereocenters. The molecule has 2 unspecified atom stereocenters. The third kappa shape index (κ3) is 3.17. The molecule has 1 N–H and O–H groups in total. The fourth-order valence-corrected chi connectivity index (χ4v) is 3.65. The molecule has 0 aliphatic heterocycles. The van der Waals surface area contributed by atoms with Crippen LogP contribution in [0.15, 0.2) is 18.2 Å². The summed E-state index contributed by atoms with van der Waals surface area (Å²) in [5.74, 6) is 0.754. The second-order valence-corrected chi connectivity index (χ2v) is 6.03. The van der Waals surface area contributed by atoms with Crippen LogP contribution in [0.2, 0.25) is 0 Å². The minimum atomic E-state index is -0.353. The van der Waals surface area contributed by atoms with Crippen LogP contribution >= 0.6 is 11.8 Å². The number of hydrogen-bond acceptors (Lipinski definition) is 3. The zero-order valence-electron chi connectivity index (χ0n) is 10.4. The van der Waals surface area contributed by atoms with Gasteiger partial charge in [0.2, 0.25) is 0 Å². The van der Waals surface area contributed by atoms with Gasteiger partial charge in [0.1, 0.15) is 5.82 Å². The van der Waals surface area contributed by atoms with Crippen molar-refractivity contribution in [3.8, 4) is 6.07 Å². The average molecular weight is 264 g/mol. The summed E-state index contributed by atoms with van der Waals surface area (Å²) in [5, 5.41) is 12.8. The summed E-state index contributed by atoms with van der Waals surface area (Å²) in [7, 11) is 0. The molecule has 0 saturated heterocycles. The average Bonchev–Trinajstić information content (AvgIpc) is 2.76. The van der Waals surface area contributed by atoms with E-state index in [2.05, 4.69) is 12.2 Å². The van der Waals surface area contributed by atoms with E-state index < -0.39 is 0 Å². The third-order valence-electron chi connectivity index (χ3n) is 3.21. The number of rotatable bonds is 4. The standard InChI is InChI=1S/C14H17FN2S/c1-2-18-14-5-3-4-13(14)17-12-7-10(9-16)6-11(15)8-12/h6-8,13-14,17H,2-5H2,1H3. The Labute approximate surface area is 112 Å². The van der Waals surface area contributed by atoms with Crippen molar-refractivity contribution >= 4 is 17.4 Å². The van der Waals surface area contributed by atoms with Crippen LogP contribution in [0.3, 0.4) is 0 Å². The van der Waals surface area contributed by atoms with Gasteiger partial charge < -0.3 is 5.32 Å². The van der Waals surface area contributed by atoms with Gasteiger partial charge in [0.15, 0.2) is 0 Å². The first-order chi connectivity index (χ1) is 8.72. The van der Waals surface area contributed by atoms with Crippen molar-refractivity contribution in [2.45, 2.75) is 37.5 Å². The van der Waals surface area contributed by atoms with Gasteiger partial charge in [-0.05, 0) is 36.8 Å². The molecule has 1 aromatic rings. The zero-order valence-corrected chi connectivity index (χ0v) is 11.3. The second kappa shape index (κ2) is 6.10. The topological polar surface area (TPSA) is 35.8 Å². The van der Waals surface area contributed by atoms with Gasteiger partial charge in [-0.15, -0.1) is 0 Å². The Kier molecular flexibility index (Phi) is 4.48. The van der Waals surface area contributed by atoms with Crippen molar-refractivity contribution < 1.29 is 4.39 Å². The summed E-state index contributed by atoms with van der Waals surface area (Å²) in [4.78, 5) is 0. The molecule has 0 heterocycles. The summed E-state index contributed by atoms with van der Waals surface area (Å²) in [6.45, 7) is 2.16. The van der Waals surface area contributed by atoms with Gasteiger partial charge in [0, 0.05) is 17.0 Å². The number of nitrogens with one attached hydrogen (secondary N) is 1. The molecule has 0 aromatic heterocycles. The highest BCUT2D eigenvalue weighted by Crippen LogP contribution is 2.32. The molecule has 2 rings (SSSR count). The van der Waals surface area contributed by atoms with Crippen molar-refractivity contribution in [2.75, 3.05) is 11.1 Å². The fraction of sp³-hybridized carbons (Fsp3) is 0.500. The van der Waals surface area contributed by atoms with E-state index in [-0.39, 0.29) is 5.82 Å². The van der Waals surface area contributed by atoms with Gasteiger partial charge >= 0.3 is 0 Å². The van der Waals surface area contributed by atoms with Crippen molar-refractivity contribution in [3.05, 3.63) is 29.6 Å². The van der Waals surface area contributed by atoms with Gasteiger partial charge in [-0.25, -0.2) is 4.39 Å². The molecule has 1 aromatic carbocycles. The van der Waals surface area contributed by atoms with Gasteiger partial charge in [-0.1, -0.05) is 13.3 Å². The zero-order chi connectivity index (χ0) is 13.0. The Balaban J connectivity index is 2.09. The van der Waals surface area contributed by atoms with Crippen LogP contribution in [0.25, 0.3) is 0 Å². The number of anilines is 1. The lowest BCUT2D eigenvalue weighted by molar-refractivity contribution is 0.627. The van der Waals surface area contributed by atoms with E-state index in [9.17, 15) is 4.39 Å². The SMILES string of the molecule is CCSC1CCCC1Nc1cc(F)cc(C#N)c1. The van der Waals surface area contributed by atoms with E-state index in [0.717, 1.165) is 17.9 Å². The summed E-state index contributed by atoms with van der Waals surface area (Å²) in [6, 6.07) is 6.82. The molecule has 1 fully saturated rings. The maximum Gasteiger partial charge on any atom is 0.126 e. The first-order valence-corrected chi connectivity index (χ1v) is 7.36. The van der Waals surface area contributed by atoms with Crippen LogP contribution in [-0.4, -0.2) is 17.0 Å². The quantitative estimate of drug-likeness (QED) is 0.899. The molecule has 2 nitrogen and oxygen atoms in total. The van der Waals surface area contributed by atoms with Crippen molar-refractivity contribution in [2.24, 2.45) is 0 Å². The Morgan fingerprint density at radius 2 is 2.28 bits per heavy atom. The fourth-order valence-electron chi connectivity index (χ4n) is 2.46. The summed E-state index contributed by atoms with van der Waals surface area (Å²) >= 11 is 1.96. The second-order valence-electron chi connectivity index (χ2n) is 4.52. The lowest BCUT2D eigenvalue weighted by atomic mass is 10.1. The predicted octanol–water partition coefficient (Wildman–Crippen LogP) is 3.78. The van der Waals surface area contributed by atoms with E-state index in [4.69, 9.17) is 5.26 Å². The Morgan fingerprint density at radius 1 is 1.44 bits per heavy atom. The van der Waals surface area contributed by atoms with E-state index >= 15 is 0 Å². The number of thioether (sulfide) groups is 1. The lowest BCUT2D eigenvalue weighted by Gasteiger charge is -2.21. The van der Waals surface area contributed by atoms with Crippen molar-refractivity contribution in [3.63, 3.8) is 0 Å². The molecule has 0 amide bonds. The van der Waals surface area contributed by atoms with E-state index in [1.807, 2.05) is 17.8 Å².